The average Bonchev–Trinajstić information content (AvgIpc) is 3.40. The van der Waals surface area contributed by atoms with Crippen LogP contribution in [0.3, 0.4) is 0 Å². The number of fused-ring (bicyclic) bond motifs is 2. The molecule has 0 saturated heterocycles. The molecule has 8 nitrogen and oxygen atoms in total. The van der Waals surface area contributed by atoms with Crippen LogP contribution in [0.25, 0.3) is 28.0 Å². The van der Waals surface area contributed by atoms with Crippen molar-refractivity contribution in [2.45, 2.75) is 25.8 Å². The van der Waals surface area contributed by atoms with Gasteiger partial charge in [0.05, 0.1) is 16.8 Å². The largest absolute Gasteiger partial charge is 0.324 e. The highest BCUT2D eigenvalue weighted by atomic mass is 19.1. The van der Waals surface area contributed by atoms with Crippen LogP contribution in [0, 0.1) is 11.6 Å². The van der Waals surface area contributed by atoms with Gasteiger partial charge in [-0.1, -0.05) is 44.2 Å². The summed E-state index contributed by atoms with van der Waals surface area (Å²) < 4.78 is 30.3. The highest BCUT2D eigenvalue weighted by Crippen LogP contribution is 2.37. The number of hydrogen-bond donors (Lipinski definition) is 2. The lowest BCUT2D eigenvalue weighted by Gasteiger charge is -2.38. The lowest BCUT2D eigenvalue weighted by Crippen LogP contribution is -2.39. The standard InChI is InChI=1S/C36H31F2N7O/c1-36(2)21-44(3)20-23-19-25(13-14-26(23)36)41-35-39-16-15-29(42-35)32-30-12-4-5-17-45(30)43-33(32)22-8-6-9-24(18-22)40-34(46)31-27(37)10-7-11-28(31)38/h4-19H,20-21H2,1-3H3,(H,40,46)(H,39,41,42). The molecule has 0 radical (unpaired) electrons. The quantitative estimate of drug-likeness (QED) is 0.202. The monoisotopic (exact) mass is 615 g/mol. The average molecular weight is 616 g/mol. The maximum Gasteiger partial charge on any atom is 0.261 e. The predicted octanol–water partition coefficient (Wildman–Crippen LogP) is 7.46. The van der Waals surface area contributed by atoms with Crippen LogP contribution in [0.5, 0.6) is 0 Å². The Balaban J connectivity index is 1.23. The number of likely N-dealkylation sites (N-methyl/N-ethyl adjacent to an activating group) is 1. The second-order valence-electron chi connectivity index (χ2n) is 12.2. The van der Waals surface area contributed by atoms with Gasteiger partial charge in [-0.05, 0) is 72.8 Å². The number of pyridine rings is 1. The Morgan fingerprint density at radius 3 is 2.54 bits per heavy atom. The van der Waals surface area contributed by atoms with Crippen molar-refractivity contribution in [1.82, 2.24) is 24.5 Å². The third-order valence-electron chi connectivity index (χ3n) is 8.23. The summed E-state index contributed by atoms with van der Waals surface area (Å²) in [5.74, 6) is -2.31. The van der Waals surface area contributed by atoms with Crippen LogP contribution >= 0.6 is 0 Å². The number of anilines is 3. The minimum atomic E-state index is -0.934. The number of amides is 1. The SMILES string of the molecule is CN1Cc2cc(Nc3nccc(-c4c(-c5cccc(NC(=O)c6c(F)cccc6F)c5)nn5ccccc45)n3)ccc2C(C)(C)C1. The van der Waals surface area contributed by atoms with Crippen LogP contribution in [0.4, 0.5) is 26.1 Å². The first-order chi connectivity index (χ1) is 22.2. The summed E-state index contributed by atoms with van der Waals surface area (Å²) in [7, 11) is 2.14. The number of nitrogens with one attached hydrogen (secondary N) is 2. The van der Waals surface area contributed by atoms with E-state index in [0.717, 1.165) is 42.0 Å². The molecule has 230 valence electrons. The molecule has 0 atom stereocenters. The molecule has 4 heterocycles. The first-order valence-corrected chi connectivity index (χ1v) is 14.9. The fraction of sp³-hybridized carbons (Fsp3) is 0.167. The van der Waals surface area contributed by atoms with Crippen molar-refractivity contribution in [3.8, 4) is 22.5 Å². The number of halogens is 2. The Morgan fingerprint density at radius 2 is 1.72 bits per heavy atom. The van der Waals surface area contributed by atoms with Crippen molar-refractivity contribution < 1.29 is 13.6 Å². The molecule has 3 aromatic carbocycles. The molecule has 1 aliphatic rings. The van der Waals surface area contributed by atoms with Gasteiger partial charge < -0.3 is 15.5 Å². The molecule has 7 rings (SSSR count). The molecule has 1 amide bonds. The van der Waals surface area contributed by atoms with Gasteiger partial charge in [-0.2, -0.15) is 5.10 Å². The van der Waals surface area contributed by atoms with E-state index >= 15 is 0 Å². The predicted molar refractivity (Wildman–Crippen MR) is 175 cm³/mol. The third-order valence-corrected chi connectivity index (χ3v) is 8.23. The molecule has 0 saturated carbocycles. The molecule has 1 aliphatic heterocycles. The zero-order valence-electron chi connectivity index (χ0n) is 25.6. The molecule has 3 aromatic heterocycles. The highest BCUT2D eigenvalue weighted by molar-refractivity contribution is 6.05. The zero-order chi connectivity index (χ0) is 32.0. The Morgan fingerprint density at radius 1 is 0.913 bits per heavy atom. The van der Waals surface area contributed by atoms with Gasteiger partial charge in [0, 0.05) is 47.8 Å². The first kappa shape index (κ1) is 29.2. The number of aromatic nitrogens is 4. The second-order valence-corrected chi connectivity index (χ2v) is 12.2. The minimum absolute atomic E-state index is 0.0607. The summed E-state index contributed by atoms with van der Waals surface area (Å²) >= 11 is 0. The number of rotatable bonds is 6. The van der Waals surface area contributed by atoms with E-state index in [1.165, 1.54) is 17.2 Å². The Kier molecular flexibility index (Phi) is 7.29. The van der Waals surface area contributed by atoms with Gasteiger partial charge in [0.2, 0.25) is 5.95 Å². The van der Waals surface area contributed by atoms with Crippen molar-refractivity contribution in [1.29, 1.82) is 0 Å². The molecular formula is C36H31F2N7O. The summed E-state index contributed by atoms with van der Waals surface area (Å²) in [6.07, 6.45) is 3.55. The van der Waals surface area contributed by atoms with Gasteiger partial charge in [0.15, 0.2) is 0 Å². The molecule has 0 unspecified atom stereocenters. The summed E-state index contributed by atoms with van der Waals surface area (Å²) in [5.41, 5.74) is 6.83. The smallest absolute Gasteiger partial charge is 0.261 e. The van der Waals surface area contributed by atoms with E-state index in [9.17, 15) is 13.6 Å². The molecule has 0 aliphatic carbocycles. The van der Waals surface area contributed by atoms with E-state index < -0.39 is 23.1 Å². The van der Waals surface area contributed by atoms with Gasteiger partial charge >= 0.3 is 0 Å². The molecule has 0 fully saturated rings. The van der Waals surface area contributed by atoms with E-state index in [2.05, 4.69) is 59.6 Å². The Hall–Kier alpha value is -5.48. The molecule has 2 N–H and O–H groups in total. The molecule has 0 bridgehead atoms. The van der Waals surface area contributed by atoms with Crippen molar-refractivity contribution in [3.05, 3.63) is 126 Å². The van der Waals surface area contributed by atoms with Gasteiger partial charge in [0.1, 0.15) is 22.9 Å². The van der Waals surface area contributed by atoms with Crippen LogP contribution in [-0.4, -0.2) is 44.0 Å². The summed E-state index contributed by atoms with van der Waals surface area (Å²) in [6.45, 7) is 6.40. The number of nitrogens with zero attached hydrogens (tertiary/aromatic N) is 5. The molecule has 46 heavy (non-hydrogen) atoms. The summed E-state index contributed by atoms with van der Waals surface area (Å²) in [6, 6.07) is 24.3. The maximum absolute atomic E-state index is 14.3. The summed E-state index contributed by atoms with van der Waals surface area (Å²) in [4.78, 5) is 24.5. The number of carbonyl (C=O) groups excluding carboxylic acids is 1. The lowest BCUT2D eigenvalue weighted by atomic mass is 9.78. The van der Waals surface area contributed by atoms with Crippen LogP contribution in [-0.2, 0) is 12.0 Å². The number of hydrogen-bond acceptors (Lipinski definition) is 6. The topological polar surface area (TPSA) is 87.5 Å². The van der Waals surface area contributed by atoms with E-state index in [1.54, 1.807) is 28.9 Å². The molecule has 10 heteroatoms. The molecule has 0 spiro atoms. The Bertz CT molecular complexity index is 2100. The molecular weight excluding hydrogens is 584 g/mol. The third kappa shape index (κ3) is 5.48. The first-order valence-electron chi connectivity index (χ1n) is 14.9. The van der Waals surface area contributed by atoms with Crippen molar-refractivity contribution >= 4 is 28.7 Å². The van der Waals surface area contributed by atoms with Crippen LogP contribution in [0.15, 0.2) is 97.3 Å². The zero-order valence-corrected chi connectivity index (χ0v) is 25.6. The normalized spacial score (nSPS) is 14.2. The van der Waals surface area contributed by atoms with Crippen LogP contribution < -0.4 is 10.6 Å². The fourth-order valence-electron chi connectivity index (χ4n) is 6.36. The van der Waals surface area contributed by atoms with E-state index in [1.807, 2.05) is 36.5 Å². The van der Waals surface area contributed by atoms with Crippen molar-refractivity contribution in [2.24, 2.45) is 0 Å². The fourth-order valence-corrected chi connectivity index (χ4v) is 6.36. The van der Waals surface area contributed by atoms with Gasteiger partial charge in [-0.25, -0.2) is 23.3 Å². The van der Waals surface area contributed by atoms with E-state index in [-0.39, 0.29) is 5.41 Å². The van der Waals surface area contributed by atoms with E-state index in [4.69, 9.17) is 10.1 Å². The van der Waals surface area contributed by atoms with Crippen molar-refractivity contribution in [2.75, 3.05) is 24.2 Å². The summed E-state index contributed by atoms with van der Waals surface area (Å²) in [5, 5.41) is 10.8. The van der Waals surface area contributed by atoms with Gasteiger partial charge in [-0.3, -0.25) is 4.79 Å². The van der Waals surface area contributed by atoms with Crippen LogP contribution in [0.2, 0.25) is 0 Å². The number of benzene rings is 3. The second kappa shape index (κ2) is 11.5. The van der Waals surface area contributed by atoms with Crippen molar-refractivity contribution in [3.63, 3.8) is 0 Å². The minimum Gasteiger partial charge on any atom is -0.324 e. The van der Waals surface area contributed by atoms with E-state index in [0.29, 0.717) is 28.6 Å². The van der Waals surface area contributed by atoms with Crippen LogP contribution in [0.1, 0.15) is 35.3 Å². The molecule has 6 aromatic rings. The highest BCUT2D eigenvalue weighted by Gasteiger charge is 2.30. The van der Waals surface area contributed by atoms with Gasteiger partial charge in [0.25, 0.3) is 5.91 Å². The maximum atomic E-state index is 14.3. The van der Waals surface area contributed by atoms with Gasteiger partial charge in [-0.15, -0.1) is 0 Å². The Labute approximate surface area is 264 Å². The lowest BCUT2D eigenvalue weighted by molar-refractivity contribution is 0.101. The number of carbonyl (C=O) groups is 1.